The molecule has 26 heavy (non-hydrogen) atoms. The minimum atomic E-state index is -0.226. The second-order valence-corrected chi connectivity index (χ2v) is 8.67. The van der Waals surface area contributed by atoms with Crippen LogP contribution in [0.2, 0.25) is 0 Å². The van der Waals surface area contributed by atoms with Gasteiger partial charge in [0.1, 0.15) is 5.75 Å². The molecule has 2 heterocycles. The Morgan fingerprint density at radius 1 is 1.15 bits per heavy atom. The lowest BCUT2D eigenvalue weighted by molar-refractivity contribution is -0.118. The number of nitrogens with one attached hydrogen (secondary N) is 1. The highest BCUT2D eigenvalue weighted by molar-refractivity contribution is 8.00. The number of carbonyl (C=O) groups excluding carboxylic acids is 1. The summed E-state index contributed by atoms with van der Waals surface area (Å²) in [7, 11) is 0. The molecule has 1 N–H and O–H groups in total. The van der Waals surface area contributed by atoms with Crippen LogP contribution >= 0.6 is 34.4 Å². The molecule has 0 atom stereocenters. The number of amides is 1. The monoisotopic (exact) mass is 401 g/mol. The topological polar surface area (TPSA) is 64.1 Å². The summed E-state index contributed by atoms with van der Waals surface area (Å²) in [5.74, 6) is 0.455. The Morgan fingerprint density at radius 2 is 1.92 bits per heavy atom. The van der Waals surface area contributed by atoms with Crippen LogP contribution in [0.5, 0.6) is 5.75 Å². The first-order valence-corrected chi connectivity index (χ1v) is 10.7. The van der Waals surface area contributed by atoms with E-state index < -0.39 is 0 Å². The average molecular weight is 402 g/mol. The molecule has 2 aromatic carbocycles. The molecule has 0 bridgehead atoms. The van der Waals surface area contributed by atoms with Crippen LogP contribution in [0.3, 0.4) is 0 Å². The predicted molar refractivity (Wildman–Crippen MR) is 110 cm³/mol. The Kier molecular flexibility index (Phi) is 4.80. The van der Waals surface area contributed by atoms with Gasteiger partial charge in [0.2, 0.25) is 0 Å². The standard InChI is InChI=1S/C18H15N3O2S3/c1-10-4-3-5-11(8-10)23-9-14(22)21-17-19-12-6-7-13-16(15(12)25-17)26-18(20-13)24-2/h3-8H,9H2,1-2H3,(H,19,21,22). The molecular formula is C18H15N3O2S3. The highest BCUT2D eigenvalue weighted by Gasteiger charge is 2.13. The molecule has 0 saturated carbocycles. The molecule has 5 nitrogen and oxygen atoms in total. The lowest BCUT2D eigenvalue weighted by Crippen LogP contribution is -2.20. The van der Waals surface area contributed by atoms with E-state index in [-0.39, 0.29) is 12.5 Å². The number of thiazole rings is 2. The lowest BCUT2D eigenvalue weighted by atomic mass is 10.2. The molecule has 4 aromatic rings. The van der Waals surface area contributed by atoms with Gasteiger partial charge in [0.05, 0.1) is 20.4 Å². The molecule has 0 aliphatic heterocycles. The van der Waals surface area contributed by atoms with E-state index in [1.54, 1.807) is 23.1 Å². The second-order valence-electron chi connectivity index (χ2n) is 5.62. The Morgan fingerprint density at radius 3 is 2.69 bits per heavy atom. The third-order valence-corrected chi connectivity index (χ3v) is 6.88. The van der Waals surface area contributed by atoms with Gasteiger partial charge in [0.25, 0.3) is 5.91 Å². The van der Waals surface area contributed by atoms with E-state index in [0.29, 0.717) is 10.9 Å². The van der Waals surface area contributed by atoms with Gasteiger partial charge in [-0.1, -0.05) is 35.2 Å². The van der Waals surface area contributed by atoms with Crippen LogP contribution in [0.25, 0.3) is 20.4 Å². The predicted octanol–water partition coefficient (Wildman–Crippen LogP) is 4.95. The lowest BCUT2D eigenvalue weighted by Gasteiger charge is -2.06. The minimum absolute atomic E-state index is 0.0496. The van der Waals surface area contributed by atoms with Gasteiger partial charge < -0.3 is 4.74 Å². The summed E-state index contributed by atoms with van der Waals surface area (Å²) in [5, 5.41) is 3.40. The maximum atomic E-state index is 12.2. The molecule has 8 heteroatoms. The van der Waals surface area contributed by atoms with Crippen LogP contribution in [0, 0.1) is 6.92 Å². The van der Waals surface area contributed by atoms with Gasteiger partial charge in [0, 0.05) is 0 Å². The van der Waals surface area contributed by atoms with Crippen molar-refractivity contribution >= 4 is 65.9 Å². The third-order valence-electron chi connectivity index (χ3n) is 3.67. The van der Waals surface area contributed by atoms with E-state index in [4.69, 9.17) is 4.74 Å². The highest BCUT2D eigenvalue weighted by Crippen LogP contribution is 2.37. The summed E-state index contributed by atoms with van der Waals surface area (Å²) in [5.41, 5.74) is 2.93. The van der Waals surface area contributed by atoms with Gasteiger partial charge in [-0.3, -0.25) is 10.1 Å². The van der Waals surface area contributed by atoms with Crippen LogP contribution in [0.1, 0.15) is 5.56 Å². The molecule has 2 aromatic heterocycles. The van der Waals surface area contributed by atoms with Gasteiger partial charge in [-0.15, -0.1) is 11.3 Å². The van der Waals surface area contributed by atoms with Gasteiger partial charge in [-0.2, -0.15) is 0 Å². The zero-order valence-corrected chi connectivity index (χ0v) is 16.6. The number of anilines is 1. The Bertz CT molecular complexity index is 1100. The van der Waals surface area contributed by atoms with Crippen molar-refractivity contribution in [2.75, 3.05) is 18.2 Å². The maximum Gasteiger partial charge on any atom is 0.264 e. The largest absolute Gasteiger partial charge is 0.484 e. The van der Waals surface area contributed by atoms with Crippen molar-refractivity contribution in [2.45, 2.75) is 11.3 Å². The Labute approximate surface area is 162 Å². The fraction of sp³-hybridized carbons (Fsp3) is 0.167. The maximum absolute atomic E-state index is 12.2. The van der Waals surface area contributed by atoms with Crippen LogP contribution in [-0.4, -0.2) is 28.7 Å². The van der Waals surface area contributed by atoms with E-state index in [9.17, 15) is 4.79 Å². The van der Waals surface area contributed by atoms with Crippen LogP contribution in [0.15, 0.2) is 40.7 Å². The van der Waals surface area contributed by atoms with Gasteiger partial charge in [0.15, 0.2) is 16.1 Å². The third kappa shape index (κ3) is 3.53. The number of ether oxygens (including phenoxy) is 1. The summed E-state index contributed by atoms with van der Waals surface area (Å²) < 4.78 is 8.73. The van der Waals surface area contributed by atoms with Crippen LogP contribution < -0.4 is 10.1 Å². The summed E-state index contributed by atoms with van der Waals surface area (Å²) >= 11 is 4.75. The molecule has 1 amide bonds. The zero-order valence-electron chi connectivity index (χ0n) is 14.1. The zero-order chi connectivity index (χ0) is 18.1. The molecule has 0 aliphatic carbocycles. The van der Waals surface area contributed by atoms with Crippen molar-refractivity contribution in [1.29, 1.82) is 0 Å². The number of nitrogens with zero attached hydrogens (tertiary/aromatic N) is 2. The van der Waals surface area contributed by atoms with E-state index in [1.807, 2.05) is 49.6 Å². The van der Waals surface area contributed by atoms with Crippen molar-refractivity contribution in [1.82, 2.24) is 9.97 Å². The number of fused-ring (bicyclic) bond motifs is 3. The second kappa shape index (κ2) is 7.22. The first-order valence-electron chi connectivity index (χ1n) is 7.86. The number of benzene rings is 2. The normalized spacial score (nSPS) is 11.2. The summed E-state index contributed by atoms with van der Waals surface area (Å²) in [4.78, 5) is 21.3. The fourth-order valence-electron chi connectivity index (χ4n) is 2.50. The highest BCUT2D eigenvalue weighted by atomic mass is 32.2. The quantitative estimate of drug-likeness (QED) is 0.479. The van der Waals surface area contributed by atoms with Crippen molar-refractivity contribution in [3.05, 3.63) is 42.0 Å². The molecule has 0 spiro atoms. The number of hydrogen-bond donors (Lipinski definition) is 1. The van der Waals surface area contributed by atoms with Crippen LogP contribution in [-0.2, 0) is 4.79 Å². The smallest absolute Gasteiger partial charge is 0.264 e. The van der Waals surface area contributed by atoms with Gasteiger partial charge >= 0.3 is 0 Å². The van der Waals surface area contributed by atoms with Gasteiger partial charge in [-0.25, -0.2) is 9.97 Å². The molecule has 0 fully saturated rings. The molecule has 4 rings (SSSR count). The van der Waals surface area contributed by atoms with E-state index in [0.717, 1.165) is 30.3 Å². The average Bonchev–Trinajstić information content (AvgIpc) is 3.22. The molecule has 0 aliphatic rings. The first kappa shape index (κ1) is 17.3. The molecular weight excluding hydrogens is 386 g/mol. The number of rotatable bonds is 5. The molecule has 0 radical (unpaired) electrons. The van der Waals surface area contributed by atoms with Crippen molar-refractivity contribution < 1.29 is 9.53 Å². The number of aromatic nitrogens is 2. The van der Waals surface area contributed by atoms with E-state index in [1.165, 1.54) is 11.3 Å². The fourth-order valence-corrected chi connectivity index (χ4v) is 5.18. The molecule has 0 saturated heterocycles. The molecule has 132 valence electrons. The Balaban J connectivity index is 1.50. The number of hydrogen-bond acceptors (Lipinski definition) is 7. The Hall–Kier alpha value is -2.16. The van der Waals surface area contributed by atoms with E-state index in [2.05, 4.69) is 15.3 Å². The molecule has 0 unspecified atom stereocenters. The van der Waals surface area contributed by atoms with Crippen LogP contribution in [0.4, 0.5) is 5.13 Å². The van der Waals surface area contributed by atoms with Crippen molar-refractivity contribution in [3.63, 3.8) is 0 Å². The van der Waals surface area contributed by atoms with Gasteiger partial charge in [-0.05, 0) is 43.0 Å². The minimum Gasteiger partial charge on any atom is -0.484 e. The first-order chi connectivity index (χ1) is 12.6. The number of thioether (sulfide) groups is 1. The summed E-state index contributed by atoms with van der Waals surface area (Å²) in [6.45, 7) is 1.93. The van der Waals surface area contributed by atoms with Crippen molar-refractivity contribution in [2.24, 2.45) is 0 Å². The van der Waals surface area contributed by atoms with E-state index >= 15 is 0 Å². The SMILES string of the molecule is CSc1nc2ccc3nc(NC(=O)COc4cccc(C)c4)sc3c2s1. The number of aryl methyl sites for hydroxylation is 1. The summed E-state index contributed by atoms with van der Waals surface area (Å²) in [6, 6.07) is 11.5. The van der Waals surface area contributed by atoms with Crippen molar-refractivity contribution in [3.8, 4) is 5.75 Å². The summed E-state index contributed by atoms with van der Waals surface area (Å²) in [6.07, 6.45) is 2.02. The number of carbonyl (C=O) groups is 1.